The molecule has 0 amide bonds. The molecule has 6 nitrogen and oxygen atoms in total. The van der Waals surface area contributed by atoms with Crippen molar-refractivity contribution in [3.05, 3.63) is 6.33 Å². The summed E-state index contributed by atoms with van der Waals surface area (Å²) in [7, 11) is 0. The van der Waals surface area contributed by atoms with Crippen molar-refractivity contribution in [2.24, 2.45) is 5.41 Å². The van der Waals surface area contributed by atoms with Crippen LogP contribution in [0.4, 0.5) is 0 Å². The van der Waals surface area contributed by atoms with Crippen LogP contribution in [-0.2, 0) is 11.3 Å². The van der Waals surface area contributed by atoms with Crippen LogP contribution in [-0.4, -0.2) is 31.3 Å². The fraction of sp³-hybridized carbons (Fsp3) is 0.714. The van der Waals surface area contributed by atoms with Crippen molar-refractivity contribution in [3.8, 4) is 0 Å². The summed E-state index contributed by atoms with van der Waals surface area (Å²) in [4.78, 5) is 10.9. The van der Waals surface area contributed by atoms with Gasteiger partial charge in [-0.2, -0.15) is 0 Å². The summed E-state index contributed by atoms with van der Waals surface area (Å²) in [5, 5.41) is 19.6. The minimum atomic E-state index is -0.741. The van der Waals surface area contributed by atoms with E-state index in [1.54, 1.807) is 0 Å². The van der Waals surface area contributed by atoms with E-state index in [-0.39, 0.29) is 0 Å². The van der Waals surface area contributed by atoms with Gasteiger partial charge in [-0.15, -0.1) is 5.10 Å². The van der Waals surface area contributed by atoms with Crippen LogP contribution in [0, 0.1) is 5.41 Å². The molecule has 0 saturated heterocycles. The van der Waals surface area contributed by atoms with Gasteiger partial charge >= 0.3 is 5.97 Å². The molecular weight excluding hydrogens is 172 g/mol. The van der Waals surface area contributed by atoms with Gasteiger partial charge in [-0.3, -0.25) is 4.79 Å². The third-order valence-corrected chi connectivity index (χ3v) is 2.62. The number of hydrogen-bond donors (Lipinski definition) is 1. The van der Waals surface area contributed by atoms with Crippen LogP contribution in [0.3, 0.4) is 0 Å². The van der Waals surface area contributed by atoms with Gasteiger partial charge in [-0.1, -0.05) is 6.42 Å². The number of rotatable bonds is 3. The molecule has 70 valence electrons. The van der Waals surface area contributed by atoms with E-state index in [1.165, 1.54) is 11.0 Å². The highest BCUT2D eigenvalue weighted by molar-refractivity contribution is 5.75. The first-order valence-corrected chi connectivity index (χ1v) is 4.17. The van der Waals surface area contributed by atoms with Crippen molar-refractivity contribution >= 4 is 5.97 Å². The number of hydrogen-bond acceptors (Lipinski definition) is 4. The summed E-state index contributed by atoms with van der Waals surface area (Å²) in [6.07, 6.45) is 3.88. The van der Waals surface area contributed by atoms with Crippen LogP contribution >= 0.6 is 0 Å². The molecule has 1 N–H and O–H groups in total. The highest BCUT2D eigenvalue weighted by atomic mass is 16.4. The Balaban J connectivity index is 2.11. The minimum absolute atomic E-state index is 0.384. The summed E-state index contributed by atoms with van der Waals surface area (Å²) in [5.41, 5.74) is -0.616. The molecule has 1 aliphatic carbocycles. The van der Waals surface area contributed by atoms with Crippen LogP contribution < -0.4 is 0 Å². The predicted molar refractivity (Wildman–Crippen MR) is 41.7 cm³/mol. The van der Waals surface area contributed by atoms with Gasteiger partial charge in [0.2, 0.25) is 0 Å². The lowest BCUT2D eigenvalue weighted by atomic mass is 9.69. The zero-order chi connectivity index (χ0) is 9.31. The first-order valence-electron chi connectivity index (χ1n) is 4.17. The maximum atomic E-state index is 10.9. The molecule has 1 aromatic heterocycles. The number of carboxylic acid groups (broad SMARTS) is 1. The Morgan fingerprint density at radius 1 is 1.62 bits per heavy atom. The van der Waals surface area contributed by atoms with Crippen LogP contribution in [0.5, 0.6) is 0 Å². The molecule has 0 bridgehead atoms. The number of aliphatic carboxylic acids is 1. The maximum absolute atomic E-state index is 10.9. The second-order valence-corrected chi connectivity index (χ2v) is 3.45. The largest absolute Gasteiger partial charge is 0.481 e. The van der Waals surface area contributed by atoms with Gasteiger partial charge < -0.3 is 5.11 Å². The molecule has 1 saturated carbocycles. The SMILES string of the molecule is O=C(O)C1(Cn2cnnn2)CCC1. The van der Waals surface area contributed by atoms with Crippen LogP contribution in [0.15, 0.2) is 6.33 Å². The molecule has 0 radical (unpaired) electrons. The van der Waals surface area contributed by atoms with E-state index in [9.17, 15) is 4.79 Å². The maximum Gasteiger partial charge on any atom is 0.311 e. The average Bonchev–Trinajstić information content (AvgIpc) is 2.47. The Morgan fingerprint density at radius 2 is 2.38 bits per heavy atom. The molecule has 0 unspecified atom stereocenters. The van der Waals surface area contributed by atoms with Gasteiger partial charge in [-0.05, 0) is 23.3 Å². The Morgan fingerprint density at radius 3 is 2.77 bits per heavy atom. The Bertz CT molecular complexity index is 304. The standard InChI is InChI=1S/C7H10N4O2/c12-6(13)7(2-1-3-7)4-11-5-8-9-10-11/h5H,1-4H2,(H,12,13). The summed E-state index contributed by atoms with van der Waals surface area (Å²) < 4.78 is 1.48. The zero-order valence-electron chi connectivity index (χ0n) is 7.05. The fourth-order valence-electron chi connectivity index (χ4n) is 1.61. The summed E-state index contributed by atoms with van der Waals surface area (Å²) in [6.45, 7) is 0.384. The molecule has 1 aliphatic rings. The van der Waals surface area contributed by atoms with E-state index in [2.05, 4.69) is 15.5 Å². The van der Waals surface area contributed by atoms with E-state index in [0.717, 1.165) is 19.3 Å². The van der Waals surface area contributed by atoms with Crippen molar-refractivity contribution in [2.75, 3.05) is 0 Å². The second-order valence-electron chi connectivity index (χ2n) is 3.45. The topological polar surface area (TPSA) is 80.9 Å². The lowest BCUT2D eigenvalue weighted by molar-refractivity contribution is -0.156. The molecule has 2 rings (SSSR count). The molecule has 0 aromatic carbocycles. The Hall–Kier alpha value is -1.46. The van der Waals surface area contributed by atoms with Crippen molar-refractivity contribution in [2.45, 2.75) is 25.8 Å². The van der Waals surface area contributed by atoms with Gasteiger partial charge in [-0.25, -0.2) is 4.68 Å². The number of nitrogens with zero attached hydrogens (tertiary/aromatic N) is 4. The van der Waals surface area contributed by atoms with Crippen LogP contribution in [0.1, 0.15) is 19.3 Å². The molecule has 1 heterocycles. The summed E-state index contributed by atoms with van der Waals surface area (Å²) >= 11 is 0. The van der Waals surface area contributed by atoms with Gasteiger partial charge in [0.25, 0.3) is 0 Å². The van der Waals surface area contributed by atoms with E-state index in [4.69, 9.17) is 5.11 Å². The molecular formula is C7H10N4O2. The van der Waals surface area contributed by atoms with Gasteiger partial charge in [0.15, 0.2) is 0 Å². The predicted octanol–water partition coefficient (Wildman–Crippen LogP) is -0.0720. The molecule has 1 aromatic rings. The zero-order valence-corrected chi connectivity index (χ0v) is 7.05. The van der Waals surface area contributed by atoms with Crippen molar-refractivity contribution in [3.63, 3.8) is 0 Å². The number of carboxylic acids is 1. The van der Waals surface area contributed by atoms with Gasteiger partial charge in [0.1, 0.15) is 6.33 Å². The fourth-order valence-corrected chi connectivity index (χ4v) is 1.61. The lowest BCUT2D eigenvalue weighted by Gasteiger charge is -2.36. The Labute approximate surface area is 74.6 Å². The normalized spacial score (nSPS) is 19.4. The quantitative estimate of drug-likeness (QED) is 0.707. The third kappa shape index (κ3) is 1.28. The second kappa shape index (κ2) is 2.79. The van der Waals surface area contributed by atoms with E-state index < -0.39 is 11.4 Å². The molecule has 13 heavy (non-hydrogen) atoms. The third-order valence-electron chi connectivity index (χ3n) is 2.62. The van der Waals surface area contributed by atoms with Gasteiger partial charge in [0, 0.05) is 0 Å². The van der Waals surface area contributed by atoms with E-state index in [0.29, 0.717) is 6.54 Å². The highest BCUT2D eigenvalue weighted by Gasteiger charge is 2.44. The number of aromatic nitrogens is 4. The van der Waals surface area contributed by atoms with Gasteiger partial charge in [0.05, 0.1) is 12.0 Å². The molecule has 0 spiro atoms. The molecule has 1 fully saturated rings. The average molecular weight is 182 g/mol. The minimum Gasteiger partial charge on any atom is -0.481 e. The first kappa shape index (κ1) is 8.15. The smallest absolute Gasteiger partial charge is 0.311 e. The van der Waals surface area contributed by atoms with Crippen molar-refractivity contribution < 1.29 is 9.90 Å². The number of tetrazole rings is 1. The van der Waals surface area contributed by atoms with Crippen molar-refractivity contribution in [1.82, 2.24) is 20.2 Å². The number of carbonyl (C=O) groups is 1. The monoisotopic (exact) mass is 182 g/mol. The van der Waals surface area contributed by atoms with E-state index >= 15 is 0 Å². The molecule has 6 heteroatoms. The molecule has 0 aliphatic heterocycles. The van der Waals surface area contributed by atoms with E-state index in [1.807, 2.05) is 0 Å². The summed E-state index contributed by atoms with van der Waals surface area (Å²) in [6, 6.07) is 0. The Kier molecular flexibility index (Phi) is 1.75. The highest BCUT2D eigenvalue weighted by Crippen LogP contribution is 2.42. The molecule has 0 atom stereocenters. The first-order chi connectivity index (χ1) is 6.23. The van der Waals surface area contributed by atoms with Crippen LogP contribution in [0.25, 0.3) is 0 Å². The summed E-state index contributed by atoms with van der Waals surface area (Å²) in [5.74, 6) is -0.741. The van der Waals surface area contributed by atoms with Crippen LogP contribution in [0.2, 0.25) is 0 Å². The lowest BCUT2D eigenvalue weighted by Crippen LogP contribution is -2.41. The van der Waals surface area contributed by atoms with Crippen molar-refractivity contribution in [1.29, 1.82) is 0 Å².